The first-order chi connectivity index (χ1) is 25.8. The van der Waals surface area contributed by atoms with Crippen LogP contribution in [0.2, 0.25) is 0 Å². The van der Waals surface area contributed by atoms with Crippen molar-refractivity contribution in [2.75, 3.05) is 0 Å². The first-order valence-corrected chi connectivity index (χ1v) is 18.0. The fourth-order valence-corrected chi connectivity index (χ4v) is 9.06. The van der Waals surface area contributed by atoms with Crippen LogP contribution in [0.3, 0.4) is 0 Å². The highest BCUT2D eigenvalue weighted by Gasteiger charge is 2.24. The maximum absolute atomic E-state index is 4.84. The van der Waals surface area contributed by atoms with Crippen molar-refractivity contribution in [3.63, 3.8) is 0 Å². The van der Waals surface area contributed by atoms with Crippen molar-refractivity contribution in [3.05, 3.63) is 180 Å². The molecule has 0 atom stereocenters. The van der Waals surface area contributed by atoms with Crippen molar-refractivity contribution < 1.29 is 0 Å². The first-order valence-electron chi connectivity index (χ1n) is 18.0. The Morgan fingerprint density at radius 3 is 1.25 bits per heavy atom. The fourth-order valence-electron chi connectivity index (χ4n) is 9.06. The van der Waals surface area contributed by atoms with E-state index in [-0.39, 0.29) is 0 Å². The highest BCUT2D eigenvalue weighted by atomic mass is 15.1. The van der Waals surface area contributed by atoms with Gasteiger partial charge in [0.2, 0.25) is 0 Å². The third kappa shape index (κ3) is 3.86. The van der Waals surface area contributed by atoms with Gasteiger partial charge in [-0.05, 0) is 141 Å². The molecule has 0 saturated heterocycles. The second-order valence-corrected chi connectivity index (χ2v) is 14.2. The molecule has 4 nitrogen and oxygen atoms in total. The monoisotopic (exact) mass is 662 g/mol. The molecule has 0 unspecified atom stereocenters. The molecule has 4 heteroatoms. The van der Waals surface area contributed by atoms with E-state index in [1.54, 1.807) is 0 Å². The summed E-state index contributed by atoms with van der Waals surface area (Å²) >= 11 is 0. The normalized spacial score (nSPS) is 12.8. The second kappa shape index (κ2) is 10.4. The minimum atomic E-state index is 0.953. The minimum Gasteiger partial charge on any atom is -0.294 e. The number of aromatic nitrogens is 4. The maximum atomic E-state index is 4.84. The largest absolute Gasteiger partial charge is 0.294 e. The molecule has 2 aliphatic carbocycles. The van der Waals surface area contributed by atoms with Gasteiger partial charge in [0, 0.05) is 45.3 Å². The van der Waals surface area contributed by atoms with E-state index >= 15 is 0 Å². The lowest BCUT2D eigenvalue weighted by Crippen LogP contribution is -1.96. The Hall–Kier alpha value is -6.78. The summed E-state index contributed by atoms with van der Waals surface area (Å²) < 4.78 is 4.63. The fraction of sp³-hybridized carbons (Fsp3) is 0.0417. The number of rotatable bonds is 3. The number of benzene rings is 6. The van der Waals surface area contributed by atoms with Gasteiger partial charge in [-0.25, -0.2) is 9.97 Å². The van der Waals surface area contributed by atoms with Gasteiger partial charge >= 0.3 is 0 Å². The Morgan fingerprint density at radius 1 is 0.365 bits per heavy atom. The molecule has 0 bridgehead atoms. The number of para-hydroxylation sites is 2. The summed E-state index contributed by atoms with van der Waals surface area (Å²) in [6.07, 6.45) is 5.69. The maximum Gasteiger partial charge on any atom is 0.145 e. The van der Waals surface area contributed by atoms with Crippen LogP contribution in [0.1, 0.15) is 22.3 Å². The van der Waals surface area contributed by atoms with Gasteiger partial charge in [-0.2, -0.15) is 0 Å². The van der Waals surface area contributed by atoms with Crippen molar-refractivity contribution in [2.24, 2.45) is 0 Å². The Kier molecular flexibility index (Phi) is 5.58. The molecule has 4 heterocycles. The summed E-state index contributed by atoms with van der Waals surface area (Å²) in [6, 6.07) is 53.6. The lowest BCUT2D eigenvalue weighted by atomic mass is 9.95. The van der Waals surface area contributed by atoms with E-state index in [9.17, 15) is 0 Å². The van der Waals surface area contributed by atoms with Gasteiger partial charge in [0.15, 0.2) is 0 Å². The van der Waals surface area contributed by atoms with Gasteiger partial charge in [-0.15, -0.1) is 0 Å². The van der Waals surface area contributed by atoms with Crippen molar-refractivity contribution >= 4 is 43.9 Å². The van der Waals surface area contributed by atoms with Crippen molar-refractivity contribution in [2.45, 2.75) is 12.8 Å². The summed E-state index contributed by atoms with van der Waals surface area (Å²) in [5, 5.41) is 4.81. The Bertz CT molecular complexity index is 2820. The van der Waals surface area contributed by atoms with Crippen LogP contribution in [0.25, 0.3) is 88.6 Å². The van der Waals surface area contributed by atoms with Crippen molar-refractivity contribution in [1.82, 2.24) is 19.1 Å². The standard InChI is InChI=1S/C48H30N4/c1-3-11-45-37(7-1)39-9-5-21-49-47(39)51(45)35-19-17-33-23-31-15-13-29(25-41(31)43(33)27-35)30-14-16-32-24-34-18-20-36(28-44(34)42(32)26-30)52-46-12-4-2-8-38(46)40-10-6-22-50-48(40)52/h1-22,25-28H,23-24H2. The Labute approximate surface area is 299 Å². The number of fused-ring (bicyclic) bond motifs is 12. The van der Waals surface area contributed by atoms with Crippen LogP contribution in [0.15, 0.2) is 158 Å². The third-order valence-electron chi connectivity index (χ3n) is 11.5. The molecule has 0 saturated carbocycles. The first kappa shape index (κ1) is 28.0. The van der Waals surface area contributed by atoms with Crippen LogP contribution in [-0.4, -0.2) is 19.1 Å². The van der Waals surface area contributed by atoms with E-state index < -0.39 is 0 Å². The minimum absolute atomic E-state index is 0.953. The van der Waals surface area contributed by atoms with Gasteiger partial charge in [-0.1, -0.05) is 72.8 Å². The van der Waals surface area contributed by atoms with Crippen molar-refractivity contribution in [3.8, 4) is 44.8 Å². The number of pyridine rings is 2. The van der Waals surface area contributed by atoms with E-state index in [2.05, 4.69) is 143 Å². The predicted molar refractivity (Wildman–Crippen MR) is 213 cm³/mol. The average Bonchev–Trinajstić information content (AvgIpc) is 3.94. The van der Waals surface area contributed by atoms with Gasteiger partial charge in [0.25, 0.3) is 0 Å². The van der Waals surface area contributed by atoms with Crippen LogP contribution in [0.4, 0.5) is 0 Å². The predicted octanol–water partition coefficient (Wildman–Crippen LogP) is 11.5. The molecule has 0 fully saturated rings. The molecule has 0 aliphatic heterocycles. The van der Waals surface area contributed by atoms with Gasteiger partial charge in [0.1, 0.15) is 11.3 Å². The Balaban J connectivity index is 0.960. The average molecular weight is 663 g/mol. The van der Waals surface area contributed by atoms with E-state index in [1.807, 2.05) is 24.5 Å². The van der Waals surface area contributed by atoms with Crippen LogP contribution in [-0.2, 0) is 12.8 Å². The summed E-state index contributed by atoms with van der Waals surface area (Å²) in [5.41, 5.74) is 19.9. The molecule has 4 aromatic heterocycles. The van der Waals surface area contributed by atoms with Crippen LogP contribution < -0.4 is 0 Å². The number of hydrogen-bond donors (Lipinski definition) is 0. The summed E-state index contributed by atoms with van der Waals surface area (Å²) in [4.78, 5) is 9.67. The van der Waals surface area contributed by atoms with E-state index in [1.165, 1.54) is 88.2 Å². The highest BCUT2D eigenvalue weighted by molar-refractivity contribution is 6.09. The summed E-state index contributed by atoms with van der Waals surface area (Å²) in [6.45, 7) is 0. The third-order valence-corrected chi connectivity index (χ3v) is 11.5. The molecule has 242 valence electrons. The summed E-state index contributed by atoms with van der Waals surface area (Å²) in [5.74, 6) is 0. The zero-order valence-electron chi connectivity index (χ0n) is 28.2. The second-order valence-electron chi connectivity index (χ2n) is 14.2. The molecule has 12 rings (SSSR count). The van der Waals surface area contributed by atoms with Crippen LogP contribution in [0, 0.1) is 0 Å². The molecular formula is C48H30N4. The SMILES string of the molecule is c1ccc2c(c1)c1cccnc1n2-c1ccc2c(c1)-c1cc(-c3ccc4c(c3)-c3cc(-n5c6ccccc6c6cccnc65)ccc3C4)ccc1C2. The quantitative estimate of drug-likeness (QED) is 0.189. The van der Waals surface area contributed by atoms with E-state index in [0.29, 0.717) is 0 Å². The van der Waals surface area contributed by atoms with E-state index in [0.717, 1.165) is 35.5 Å². The number of hydrogen-bond acceptors (Lipinski definition) is 2. The Morgan fingerprint density at radius 2 is 0.769 bits per heavy atom. The van der Waals surface area contributed by atoms with Gasteiger partial charge in [0.05, 0.1) is 11.0 Å². The van der Waals surface area contributed by atoms with Gasteiger partial charge in [-0.3, -0.25) is 9.13 Å². The van der Waals surface area contributed by atoms with Gasteiger partial charge < -0.3 is 0 Å². The lowest BCUT2D eigenvalue weighted by Gasteiger charge is -2.12. The molecule has 10 aromatic rings. The lowest BCUT2D eigenvalue weighted by molar-refractivity contribution is 1.13. The zero-order valence-corrected chi connectivity index (χ0v) is 28.2. The molecule has 0 amide bonds. The molecule has 0 spiro atoms. The molecule has 52 heavy (non-hydrogen) atoms. The van der Waals surface area contributed by atoms with E-state index in [4.69, 9.17) is 9.97 Å². The molecule has 2 aliphatic rings. The smallest absolute Gasteiger partial charge is 0.145 e. The number of nitrogens with zero attached hydrogens (tertiary/aromatic N) is 4. The molecular weight excluding hydrogens is 633 g/mol. The topological polar surface area (TPSA) is 35.6 Å². The highest BCUT2D eigenvalue weighted by Crippen LogP contribution is 2.44. The van der Waals surface area contributed by atoms with Crippen LogP contribution in [0.5, 0.6) is 0 Å². The molecule has 0 N–H and O–H groups in total. The van der Waals surface area contributed by atoms with Crippen LogP contribution >= 0.6 is 0 Å². The zero-order chi connectivity index (χ0) is 33.9. The van der Waals surface area contributed by atoms with Crippen molar-refractivity contribution in [1.29, 1.82) is 0 Å². The molecule has 0 radical (unpaired) electrons. The molecule has 6 aromatic carbocycles. The summed E-state index contributed by atoms with van der Waals surface area (Å²) in [7, 11) is 0.